The van der Waals surface area contributed by atoms with Crippen molar-refractivity contribution >= 4 is 38.8 Å². The smallest absolute Gasteiger partial charge is 0.231 e. The number of nitrogens with one attached hydrogen (secondary N) is 1. The Morgan fingerprint density at radius 2 is 2.50 bits per heavy atom. The first-order chi connectivity index (χ1) is 7.54. The molecule has 1 aromatic rings. The Kier molecular flexibility index (Phi) is 5.81. The van der Waals surface area contributed by atoms with Crippen molar-refractivity contribution in [1.29, 1.82) is 0 Å². The number of hydrogen-bond acceptors (Lipinski definition) is 3. The topological polar surface area (TPSA) is 71.5 Å². The minimum Gasteiger partial charge on any atom is -0.375 e. The van der Waals surface area contributed by atoms with Crippen molar-refractivity contribution in [2.75, 3.05) is 13.7 Å². The van der Waals surface area contributed by atoms with Crippen LogP contribution >= 0.6 is 27.5 Å². The Bertz CT molecular complexity index is 394. The van der Waals surface area contributed by atoms with E-state index in [-0.39, 0.29) is 12.6 Å². The molecule has 2 atom stereocenters. The van der Waals surface area contributed by atoms with Gasteiger partial charge in [-0.1, -0.05) is 11.6 Å². The largest absolute Gasteiger partial charge is 0.375 e. The van der Waals surface area contributed by atoms with E-state index < -0.39 is 11.3 Å². The van der Waals surface area contributed by atoms with Crippen molar-refractivity contribution < 1.29 is 13.5 Å². The predicted octanol–water partition coefficient (Wildman–Crippen LogP) is 1.91. The van der Waals surface area contributed by atoms with Gasteiger partial charge in [0.2, 0.25) is 11.3 Å². The first-order valence-corrected chi connectivity index (χ1v) is 6.50. The molecule has 0 bridgehead atoms. The molecule has 8 heteroatoms. The van der Waals surface area contributed by atoms with Crippen molar-refractivity contribution in [3.8, 4) is 0 Å². The van der Waals surface area contributed by atoms with Gasteiger partial charge in [-0.25, -0.2) is 13.9 Å². The molecule has 0 saturated heterocycles. The number of aromatic nitrogens is 1. The van der Waals surface area contributed by atoms with Crippen molar-refractivity contribution in [2.45, 2.75) is 6.10 Å². The SMILES string of the molecule is COC(CNS(=O)O)c1cc(Cl)ncc1Br. The van der Waals surface area contributed by atoms with Crippen LogP contribution in [0.2, 0.25) is 5.15 Å². The Labute approximate surface area is 109 Å². The second-order valence-electron chi connectivity index (χ2n) is 2.85. The maximum absolute atomic E-state index is 10.5. The van der Waals surface area contributed by atoms with E-state index in [0.29, 0.717) is 5.15 Å². The minimum atomic E-state index is -2.07. The van der Waals surface area contributed by atoms with Gasteiger partial charge in [-0.2, -0.15) is 0 Å². The number of pyridine rings is 1. The quantitative estimate of drug-likeness (QED) is 0.639. The fourth-order valence-corrected chi connectivity index (χ4v) is 2.07. The fraction of sp³-hybridized carbons (Fsp3) is 0.375. The van der Waals surface area contributed by atoms with Crippen LogP contribution in [0.5, 0.6) is 0 Å². The summed E-state index contributed by atoms with van der Waals surface area (Å²) in [6.07, 6.45) is 1.17. The van der Waals surface area contributed by atoms with E-state index in [9.17, 15) is 4.21 Å². The van der Waals surface area contributed by atoms with Crippen molar-refractivity contribution in [1.82, 2.24) is 9.71 Å². The first kappa shape index (κ1) is 14.0. The third-order valence-electron chi connectivity index (χ3n) is 1.88. The Hall–Kier alpha value is -0.0500. The number of ether oxygens (including phenoxy) is 1. The third kappa shape index (κ3) is 4.08. The highest BCUT2D eigenvalue weighted by molar-refractivity contribution is 9.10. The molecule has 1 aromatic heterocycles. The standard InChI is InChI=1S/C8H10BrClN2O3S/c1-15-7(4-12-16(13)14)5-2-8(10)11-3-6(5)9/h2-3,7,12H,4H2,1H3,(H,13,14). The molecule has 1 heterocycles. The van der Waals surface area contributed by atoms with Gasteiger partial charge >= 0.3 is 0 Å². The zero-order chi connectivity index (χ0) is 12.1. The van der Waals surface area contributed by atoms with Gasteiger partial charge in [-0.05, 0) is 22.0 Å². The van der Waals surface area contributed by atoms with E-state index in [2.05, 4.69) is 25.6 Å². The summed E-state index contributed by atoms with van der Waals surface area (Å²) in [5.41, 5.74) is 0.764. The van der Waals surface area contributed by atoms with E-state index in [4.69, 9.17) is 20.9 Å². The molecule has 0 spiro atoms. The summed E-state index contributed by atoms with van der Waals surface area (Å²) in [6.45, 7) is 0.193. The molecule has 0 aliphatic carbocycles. The summed E-state index contributed by atoms with van der Waals surface area (Å²) in [6, 6.07) is 1.64. The van der Waals surface area contributed by atoms with E-state index in [1.165, 1.54) is 7.11 Å². The molecule has 0 aliphatic heterocycles. The van der Waals surface area contributed by atoms with Crippen LogP contribution in [0.25, 0.3) is 0 Å². The molecule has 0 fully saturated rings. The van der Waals surface area contributed by atoms with Gasteiger partial charge < -0.3 is 4.74 Å². The summed E-state index contributed by atoms with van der Waals surface area (Å²) < 4.78 is 27.4. The van der Waals surface area contributed by atoms with Gasteiger partial charge in [0.1, 0.15) is 5.15 Å². The van der Waals surface area contributed by atoms with Gasteiger partial charge in [-0.3, -0.25) is 4.55 Å². The Morgan fingerprint density at radius 1 is 1.81 bits per heavy atom. The van der Waals surface area contributed by atoms with E-state index in [1.54, 1.807) is 12.3 Å². The monoisotopic (exact) mass is 328 g/mol. The highest BCUT2D eigenvalue weighted by Crippen LogP contribution is 2.26. The molecule has 2 unspecified atom stereocenters. The second kappa shape index (κ2) is 6.63. The van der Waals surface area contributed by atoms with Crippen LogP contribution in [0, 0.1) is 0 Å². The zero-order valence-electron chi connectivity index (χ0n) is 8.31. The molecule has 0 amide bonds. The molecule has 1 rings (SSSR count). The number of hydrogen-bond donors (Lipinski definition) is 2. The van der Waals surface area contributed by atoms with Crippen LogP contribution in [0.1, 0.15) is 11.7 Å². The van der Waals surface area contributed by atoms with Gasteiger partial charge in [0.25, 0.3) is 0 Å². The van der Waals surface area contributed by atoms with Gasteiger partial charge in [-0.15, -0.1) is 0 Å². The summed E-state index contributed by atoms with van der Waals surface area (Å²) in [7, 11) is 1.51. The van der Waals surface area contributed by atoms with Crippen LogP contribution in [-0.4, -0.2) is 27.4 Å². The fourth-order valence-electron chi connectivity index (χ4n) is 1.14. The first-order valence-electron chi connectivity index (χ1n) is 4.22. The highest BCUT2D eigenvalue weighted by Gasteiger charge is 2.15. The number of methoxy groups -OCH3 is 1. The van der Waals surface area contributed by atoms with Gasteiger partial charge in [0.15, 0.2) is 0 Å². The predicted molar refractivity (Wildman–Crippen MR) is 65.5 cm³/mol. The molecule has 0 aromatic carbocycles. The molecule has 0 radical (unpaired) electrons. The summed E-state index contributed by atoms with van der Waals surface area (Å²) >= 11 is 7.01. The maximum atomic E-state index is 10.5. The van der Waals surface area contributed by atoms with E-state index in [1.807, 2.05) is 0 Å². The number of halogens is 2. The lowest BCUT2D eigenvalue weighted by Crippen LogP contribution is -2.24. The minimum absolute atomic E-state index is 0.193. The average molecular weight is 330 g/mol. The lowest BCUT2D eigenvalue weighted by molar-refractivity contribution is 0.106. The van der Waals surface area contributed by atoms with Crippen molar-refractivity contribution in [2.24, 2.45) is 0 Å². The molecule has 5 nitrogen and oxygen atoms in total. The molecular weight excluding hydrogens is 320 g/mol. The lowest BCUT2D eigenvalue weighted by Gasteiger charge is -2.16. The van der Waals surface area contributed by atoms with Crippen LogP contribution in [0.4, 0.5) is 0 Å². The average Bonchev–Trinajstić information content (AvgIpc) is 2.23. The Balaban J connectivity index is 2.85. The molecular formula is C8H10BrClN2O3S. The van der Waals surface area contributed by atoms with Crippen LogP contribution < -0.4 is 4.72 Å². The third-order valence-corrected chi connectivity index (χ3v) is 3.16. The molecule has 0 aliphatic rings. The van der Waals surface area contributed by atoms with Gasteiger partial charge in [0, 0.05) is 29.9 Å². The van der Waals surface area contributed by atoms with E-state index >= 15 is 0 Å². The van der Waals surface area contributed by atoms with E-state index in [0.717, 1.165) is 10.0 Å². The molecule has 16 heavy (non-hydrogen) atoms. The summed E-state index contributed by atoms with van der Waals surface area (Å²) in [5, 5.41) is 0.338. The van der Waals surface area contributed by atoms with Gasteiger partial charge in [0.05, 0.1) is 6.10 Å². The second-order valence-corrected chi connectivity index (χ2v) is 4.88. The summed E-state index contributed by atoms with van der Waals surface area (Å²) in [5.74, 6) is 0. The summed E-state index contributed by atoms with van der Waals surface area (Å²) in [4.78, 5) is 3.88. The molecule has 2 N–H and O–H groups in total. The highest BCUT2D eigenvalue weighted by atomic mass is 79.9. The van der Waals surface area contributed by atoms with Crippen molar-refractivity contribution in [3.05, 3.63) is 27.5 Å². The van der Waals surface area contributed by atoms with Crippen molar-refractivity contribution in [3.63, 3.8) is 0 Å². The van der Waals surface area contributed by atoms with Crippen LogP contribution in [0.15, 0.2) is 16.7 Å². The Morgan fingerprint density at radius 3 is 3.06 bits per heavy atom. The molecule has 0 saturated carbocycles. The number of rotatable bonds is 5. The lowest BCUT2D eigenvalue weighted by atomic mass is 10.1. The zero-order valence-corrected chi connectivity index (χ0v) is 11.5. The van der Waals surface area contributed by atoms with Crippen LogP contribution in [0.3, 0.4) is 0 Å². The normalized spacial score (nSPS) is 14.8. The molecule has 90 valence electrons. The maximum Gasteiger partial charge on any atom is 0.231 e. The van der Waals surface area contributed by atoms with Crippen LogP contribution in [-0.2, 0) is 16.0 Å². The number of nitrogens with zero attached hydrogens (tertiary/aromatic N) is 1.